The molecule has 1 aliphatic heterocycles. The number of piperidine rings is 1. The van der Waals surface area contributed by atoms with Crippen molar-refractivity contribution in [3.63, 3.8) is 0 Å². The molecule has 1 saturated heterocycles. The first kappa shape index (κ1) is 12.4. The summed E-state index contributed by atoms with van der Waals surface area (Å²) in [6, 6.07) is 9.27. The number of ether oxygens (including phenoxy) is 1. The van der Waals surface area contributed by atoms with Crippen molar-refractivity contribution < 1.29 is 9.53 Å². The highest BCUT2D eigenvalue weighted by Gasteiger charge is 2.17. The van der Waals surface area contributed by atoms with Gasteiger partial charge in [-0.2, -0.15) is 5.26 Å². The molecule has 1 amide bonds. The number of carbonyl (C=O) groups excluding carboxylic acids is 1. The van der Waals surface area contributed by atoms with E-state index in [2.05, 4.69) is 6.07 Å². The number of hydrogen-bond acceptors (Lipinski definition) is 3. The van der Waals surface area contributed by atoms with Crippen LogP contribution in [0.15, 0.2) is 24.3 Å². The van der Waals surface area contributed by atoms with Gasteiger partial charge in [0.25, 0.3) is 0 Å². The fourth-order valence-corrected chi connectivity index (χ4v) is 2.06. The van der Waals surface area contributed by atoms with Crippen LogP contribution in [0.1, 0.15) is 30.4 Å². The number of hydrogen-bond donors (Lipinski definition) is 0. The van der Waals surface area contributed by atoms with Crippen molar-refractivity contribution in [1.29, 1.82) is 5.26 Å². The fourth-order valence-electron chi connectivity index (χ4n) is 2.06. The number of rotatable bonds is 2. The molecule has 0 spiro atoms. The Labute approximate surface area is 107 Å². The summed E-state index contributed by atoms with van der Waals surface area (Å²) in [7, 11) is 0. The lowest BCUT2D eigenvalue weighted by Crippen LogP contribution is -2.35. The molecule has 1 aromatic rings. The van der Waals surface area contributed by atoms with E-state index >= 15 is 0 Å². The highest BCUT2D eigenvalue weighted by molar-refractivity contribution is 5.67. The summed E-state index contributed by atoms with van der Waals surface area (Å²) in [6.45, 7) is 1.72. The van der Waals surface area contributed by atoms with Crippen LogP contribution in [-0.2, 0) is 11.3 Å². The number of carbonyl (C=O) groups is 1. The molecule has 0 aromatic heterocycles. The molecule has 1 aliphatic rings. The van der Waals surface area contributed by atoms with Crippen molar-refractivity contribution in [1.82, 2.24) is 4.90 Å². The van der Waals surface area contributed by atoms with Gasteiger partial charge in [0.2, 0.25) is 0 Å². The van der Waals surface area contributed by atoms with Crippen molar-refractivity contribution in [2.24, 2.45) is 0 Å². The van der Waals surface area contributed by atoms with Gasteiger partial charge in [0.05, 0.1) is 11.6 Å². The monoisotopic (exact) mass is 244 g/mol. The molecule has 94 valence electrons. The third kappa shape index (κ3) is 3.01. The maximum absolute atomic E-state index is 11.8. The molecule has 0 N–H and O–H groups in total. The molecule has 0 radical (unpaired) electrons. The summed E-state index contributed by atoms with van der Waals surface area (Å²) in [5.74, 6) is 0. The molecule has 1 fully saturated rings. The molecule has 18 heavy (non-hydrogen) atoms. The SMILES string of the molecule is N#Cc1ccccc1COC(=O)N1CCCCC1. The van der Waals surface area contributed by atoms with Crippen LogP contribution in [0.3, 0.4) is 0 Å². The lowest BCUT2D eigenvalue weighted by atomic mass is 10.1. The third-order valence-electron chi connectivity index (χ3n) is 3.10. The molecule has 0 saturated carbocycles. The molecule has 0 unspecified atom stereocenters. The van der Waals surface area contributed by atoms with Crippen LogP contribution >= 0.6 is 0 Å². The fraction of sp³-hybridized carbons (Fsp3) is 0.429. The Morgan fingerprint density at radius 1 is 1.28 bits per heavy atom. The van der Waals surface area contributed by atoms with Crippen molar-refractivity contribution in [3.8, 4) is 6.07 Å². The van der Waals surface area contributed by atoms with E-state index in [1.807, 2.05) is 12.1 Å². The molecule has 0 atom stereocenters. The summed E-state index contributed by atoms with van der Waals surface area (Å²) in [5.41, 5.74) is 1.31. The Bertz CT molecular complexity index is 459. The van der Waals surface area contributed by atoms with Crippen molar-refractivity contribution in [2.75, 3.05) is 13.1 Å². The Kier molecular flexibility index (Phi) is 4.19. The van der Waals surface area contributed by atoms with E-state index < -0.39 is 0 Å². The van der Waals surface area contributed by atoms with E-state index in [-0.39, 0.29) is 12.7 Å². The van der Waals surface area contributed by atoms with Gasteiger partial charge in [-0.05, 0) is 25.3 Å². The third-order valence-corrected chi connectivity index (χ3v) is 3.10. The van der Waals surface area contributed by atoms with Crippen LogP contribution in [0.5, 0.6) is 0 Å². The lowest BCUT2D eigenvalue weighted by molar-refractivity contribution is 0.0894. The zero-order chi connectivity index (χ0) is 12.8. The summed E-state index contributed by atoms with van der Waals surface area (Å²) in [4.78, 5) is 13.5. The maximum Gasteiger partial charge on any atom is 0.410 e. The van der Waals surface area contributed by atoms with Crippen LogP contribution in [0.4, 0.5) is 4.79 Å². The second-order valence-corrected chi connectivity index (χ2v) is 4.37. The minimum absolute atomic E-state index is 0.166. The topological polar surface area (TPSA) is 53.3 Å². The van der Waals surface area contributed by atoms with Crippen LogP contribution < -0.4 is 0 Å². The van der Waals surface area contributed by atoms with Gasteiger partial charge in [-0.3, -0.25) is 0 Å². The molecule has 1 heterocycles. The largest absolute Gasteiger partial charge is 0.444 e. The normalized spacial score (nSPS) is 14.9. The van der Waals surface area contributed by atoms with Gasteiger partial charge >= 0.3 is 6.09 Å². The minimum atomic E-state index is -0.276. The number of likely N-dealkylation sites (tertiary alicyclic amines) is 1. The molecule has 4 nitrogen and oxygen atoms in total. The zero-order valence-electron chi connectivity index (χ0n) is 10.3. The van der Waals surface area contributed by atoms with Crippen molar-refractivity contribution >= 4 is 6.09 Å². The Morgan fingerprint density at radius 2 is 2.00 bits per heavy atom. The van der Waals surface area contributed by atoms with Gasteiger partial charge in [-0.25, -0.2) is 4.79 Å². The summed E-state index contributed by atoms with van der Waals surface area (Å²) in [6.07, 6.45) is 3.00. The quantitative estimate of drug-likeness (QED) is 0.803. The first-order valence-corrected chi connectivity index (χ1v) is 6.21. The average Bonchev–Trinajstić information content (AvgIpc) is 2.46. The standard InChI is InChI=1S/C14H16N2O2/c15-10-12-6-2-3-7-13(12)11-18-14(17)16-8-4-1-5-9-16/h2-3,6-7H,1,4-5,8-9,11H2. The van der Waals surface area contributed by atoms with Gasteiger partial charge in [0.1, 0.15) is 6.61 Å². The van der Waals surface area contributed by atoms with E-state index in [0.29, 0.717) is 5.56 Å². The smallest absolute Gasteiger partial charge is 0.410 e. The average molecular weight is 244 g/mol. The Hall–Kier alpha value is -2.02. The predicted molar refractivity (Wildman–Crippen MR) is 66.8 cm³/mol. The van der Waals surface area contributed by atoms with Gasteiger partial charge in [0, 0.05) is 18.7 Å². The van der Waals surface area contributed by atoms with E-state index in [9.17, 15) is 4.79 Å². The van der Waals surface area contributed by atoms with E-state index in [1.54, 1.807) is 17.0 Å². The van der Waals surface area contributed by atoms with Crippen LogP contribution in [0.2, 0.25) is 0 Å². The number of nitrogens with zero attached hydrogens (tertiary/aromatic N) is 2. The van der Waals surface area contributed by atoms with E-state index in [4.69, 9.17) is 10.00 Å². The van der Waals surface area contributed by atoms with Crippen molar-refractivity contribution in [3.05, 3.63) is 35.4 Å². The van der Waals surface area contributed by atoms with E-state index in [1.165, 1.54) is 6.42 Å². The Morgan fingerprint density at radius 3 is 2.72 bits per heavy atom. The van der Waals surface area contributed by atoms with Crippen LogP contribution in [0, 0.1) is 11.3 Å². The van der Waals surface area contributed by atoms with Crippen LogP contribution in [0.25, 0.3) is 0 Å². The van der Waals surface area contributed by atoms with Gasteiger partial charge < -0.3 is 9.64 Å². The number of amides is 1. The minimum Gasteiger partial charge on any atom is -0.444 e. The second kappa shape index (κ2) is 6.06. The molecule has 0 aliphatic carbocycles. The molecule has 4 heteroatoms. The summed E-state index contributed by atoms with van der Waals surface area (Å²) >= 11 is 0. The molecule has 0 bridgehead atoms. The zero-order valence-corrected chi connectivity index (χ0v) is 10.3. The molecule has 2 rings (SSSR count). The highest BCUT2D eigenvalue weighted by Crippen LogP contribution is 2.13. The first-order valence-electron chi connectivity index (χ1n) is 6.21. The maximum atomic E-state index is 11.8. The second-order valence-electron chi connectivity index (χ2n) is 4.37. The number of benzene rings is 1. The molecular formula is C14H16N2O2. The molecular weight excluding hydrogens is 228 g/mol. The Balaban J connectivity index is 1.91. The van der Waals surface area contributed by atoms with Crippen molar-refractivity contribution in [2.45, 2.75) is 25.9 Å². The van der Waals surface area contributed by atoms with E-state index in [0.717, 1.165) is 31.5 Å². The summed E-state index contributed by atoms with van der Waals surface area (Å²) < 4.78 is 5.25. The molecule has 1 aromatic carbocycles. The lowest BCUT2D eigenvalue weighted by Gasteiger charge is -2.25. The first-order chi connectivity index (χ1) is 8.81. The van der Waals surface area contributed by atoms with Crippen LogP contribution in [-0.4, -0.2) is 24.1 Å². The predicted octanol–water partition coefficient (Wildman–Crippen LogP) is 2.68. The summed E-state index contributed by atoms with van der Waals surface area (Å²) in [5, 5.41) is 8.93. The highest BCUT2D eigenvalue weighted by atomic mass is 16.6. The van der Waals surface area contributed by atoms with Gasteiger partial charge in [-0.15, -0.1) is 0 Å². The number of nitriles is 1. The van der Waals surface area contributed by atoms with Gasteiger partial charge in [0.15, 0.2) is 0 Å². The van der Waals surface area contributed by atoms with Gasteiger partial charge in [-0.1, -0.05) is 18.2 Å².